The fraction of sp³-hybridized carbons (Fsp3) is 0. The Balaban J connectivity index is 1.68. The first-order valence-corrected chi connectivity index (χ1v) is 9.72. The first kappa shape index (κ1) is 19.0. The Kier molecular flexibility index (Phi) is 5.72. The molecule has 0 aliphatic heterocycles. The highest BCUT2D eigenvalue weighted by Gasteiger charge is 2.08. The maximum absolute atomic E-state index is 13.3. The Hall–Kier alpha value is -3.38. The first-order chi connectivity index (χ1) is 14.2. The second-order valence-corrected chi connectivity index (χ2v) is 7.18. The van der Waals surface area contributed by atoms with E-state index in [0.717, 1.165) is 21.3 Å². The zero-order chi connectivity index (χ0) is 20.1. The lowest BCUT2D eigenvalue weighted by Crippen LogP contribution is -1.99. The van der Waals surface area contributed by atoms with Gasteiger partial charge in [-0.3, -0.25) is 5.43 Å². The molecule has 142 valence electrons. The molecule has 0 fully saturated rings. The van der Waals surface area contributed by atoms with Gasteiger partial charge in [-0.15, -0.1) is 0 Å². The van der Waals surface area contributed by atoms with Crippen LogP contribution in [0.5, 0.6) is 0 Å². The van der Waals surface area contributed by atoms with E-state index in [4.69, 9.17) is 4.98 Å². The highest BCUT2D eigenvalue weighted by molar-refractivity contribution is 9.10. The minimum Gasteiger partial charge on any atom is -0.261 e. The van der Waals surface area contributed by atoms with Crippen LogP contribution < -0.4 is 5.43 Å². The number of hydrogen-bond acceptors (Lipinski definition) is 4. The molecule has 0 amide bonds. The van der Waals surface area contributed by atoms with Gasteiger partial charge in [0.05, 0.1) is 11.9 Å². The van der Waals surface area contributed by atoms with Gasteiger partial charge < -0.3 is 0 Å². The van der Waals surface area contributed by atoms with Gasteiger partial charge in [0.25, 0.3) is 0 Å². The second-order valence-electron chi connectivity index (χ2n) is 6.26. The van der Waals surface area contributed by atoms with Crippen molar-refractivity contribution in [1.29, 1.82) is 0 Å². The van der Waals surface area contributed by atoms with E-state index in [-0.39, 0.29) is 5.82 Å². The van der Waals surface area contributed by atoms with Gasteiger partial charge in [-0.2, -0.15) is 5.10 Å². The predicted molar refractivity (Wildman–Crippen MR) is 118 cm³/mol. The van der Waals surface area contributed by atoms with Crippen molar-refractivity contribution in [3.8, 4) is 22.6 Å². The third kappa shape index (κ3) is 4.92. The van der Waals surface area contributed by atoms with Gasteiger partial charge >= 0.3 is 0 Å². The van der Waals surface area contributed by atoms with Crippen molar-refractivity contribution in [3.05, 3.63) is 101 Å². The molecule has 0 aliphatic rings. The summed E-state index contributed by atoms with van der Waals surface area (Å²) in [6, 6.07) is 25.7. The molecule has 0 atom stereocenters. The maximum atomic E-state index is 13.3. The number of hydrazone groups is 1. The summed E-state index contributed by atoms with van der Waals surface area (Å²) >= 11 is 3.45. The average molecular weight is 447 g/mol. The van der Waals surface area contributed by atoms with Crippen LogP contribution in [-0.4, -0.2) is 16.2 Å². The van der Waals surface area contributed by atoms with Gasteiger partial charge in [0.1, 0.15) is 5.82 Å². The summed E-state index contributed by atoms with van der Waals surface area (Å²) < 4.78 is 14.3. The molecular weight excluding hydrogens is 431 g/mol. The van der Waals surface area contributed by atoms with E-state index in [2.05, 4.69) is 31.4 Å². The van der Waals surface area contributed by atoms with Crippen LogP contribution in [0.3, 0.4) is 0 Å². The summed E-state index contributed by atoms with van der Waals surface area (Å²) in [7, 11) is 0. The van der Waals surface area contributed by atoms with Crippen molar-refractivity contribution in [1.82, 2.24) is 9.97 Å². The van der Waals surface area contributed by atoms with E-state index in [1.165, 1.54) is 12.1 Å². The van der Waals surface area contributed by atoms with Gasteiger partial charge in [-0.05, 0) is 29.8 Å². The van der Waals surface area contributed by atoms with Crippen molar-refractivity contribution in [3.63, 3.8) is 0 Å². The molecule has 4 aromatic rings. The summed E-state index contributed by atoms with van der Waals surface area (Å²) in [4.78, 5) is 9.30. The molecule has 0 aliphatic carbocycles. The van der Waals surface area contributed by atoms with Crippen LogP contribution in [0.15, 0.2) is 94.5 Å². The summed E-state index contributed by atoms with van der Waals surface area (Å²) in [5.41, 5.74) is 6.24. The number of aromatic nitrogens is 2. The number of anilines is 1. The highest BCUT2D eigenvalue weighted by atomic mass is 79.9. The quantitative estimate of drug-likeness (QED) is 0.295. The van der Waals surface area contributed by atoms with Crippen molar-refractivity contribution < 1.29 is 4.39 Å². The smallest absolute Gasteiger partial charge is 0.162 e. The molecule has 0 unspecified atom stereocenters. The number of halogens is 2. The largest absolute Gasteiger partial charge is 0.261 e. The first-order valence-electron chi connectivity index (χ1n) is 8.92. The lowest BCUT2D eigenvalue weighted by atomic mass is 10.1. The van der Waals surface area contributed by atoms with Gasteiger partial charge in [0.15, 0.2) is 11.6 Å². The fourth-order valence-corrected chi connectivity index (χ4v) is 3.01. The molecular formula is C23H16BrFN4. The summed E-state index contributed by atoms with van der Waals surface area (Å²) in [5, 5.41) is 4.20. The van der Waals surface area contributed by atoms with E-state index in [1.807, 2.05) is 60.7 Å². The topological polar surface area (TPSA) is 50.2 Å². The molecule has 1 aromatic heterocycles. The summed E-state index contributed by atoms with van der Waals surface area (Å²) in [6.07, 6.45) is 1.55. The van der Waals surface area contributed by atoms with Crippen LogP contribution in [0, 0.1) is 5.82 Å². The van der Waals surface area contributed by atoms with Crippen molar-refractivity contribution in [2.24, 2.45) is 5.10 Å². The molecule has 4 nitrogen and oxygen atoms in total. The van der Waals surface area contributed by atoms with Crippen LogP contribution >= 0.6 is 15.9 Å². The zero-order valence-electron chi connectivity index (χ0n) is 15.3. The molecule has 1 heterocycles. The van der Waals surface area contributed by atoms with Crippen LogP contribution in [0.4, 0.5) is 10.2 Å². The van der Waals surface area contributed by atoms with Gasteiger partial charge in [-0.25, -0.2) is 14.4 Å². The van der Waals surface area contributed by atoms with E-state index in [0.29, 0.717) is 17.2 Å². The van der Waals surface area contributed by atoms with Crippen LogP contribution in [0.2, 0.25) is 0 Å². The van der Waals surface area contributed by atoms with E-state index < -0.39 is 0 Å². The zero-order valence-corrected chi connectivity index (χ0v) is 16.8. The van der Waals surface area contributed by atoms with Crippen LogP contribution in [0.25, 0.3) is 22.6 Å². The minimum absolute atomic E-state index is 0.306. The Morgan fingerprint density at radius 2 is 1.62 bits per heavy atom. The third-order valence-corrected chi connectivity index (χ3v) is 4.67. The Bertz CT molecular complexity index is 1150. The molecule has 0 radical (unpaired) electrons. The van der Waals surface area contributed by atoms with Gasteiger partial charge in [0, 0.05) is 21.7 Å². The molecule has 0 saturated heterocycles. The molecule has 29 heavy (non-hydrogen) atoms. The highest BCUT2D eigenvalue weighted by Crippen LogP contribution is 2.25. The number of rotatable bonds is 5. The molecule has 0 saturated carbocycles. The lowest BCUT2D eigenvalue weighted by Gasteiger charge is -2.08. The number of hydrogen-bond donors (Lipinski definition) is 1. The Morgan fingerprint density at radius 3 is 2.38 bits per heavy atom. The van der Waals surface area contributed by atoms with Crippen molar-refractivity contribution in [2.75, 3.05) is 5.43 Å². The standard InChI is InChI=1S/C23H16BrFN4/c24-19-11-9-18(10-12-19)23-27-21(17-6-2-1-3-7-17)14-22(28-23)29-26-15-16-5-4-8-20(25)13-16/h1-15H,(H,27,28,29)/b26-15-. The normalized spacial score (nSPS) is 11.0. The van der Waals surface area contributed by atoms with Crippen LogP contribution in [-0.2, 0) is 0 Å². The minimum atomic E-state index is -0.306. The maximum Gasteiger partial charge on any atom is 0.162 e. The summed E-state index contributed by atoms with van der Waals surface area (Å²) in [6.45, 7) is 0. The second kappa shape index (κ2) is 8.75. The molecule has 1 N–H and O–H groups in total. The third-order valence-electron chi connectivity index (χ3n) is 4.14. The Labute approximate surface area is 176 Å². The van der Waals surface area contributed by atoms with Crippen LogP contribution in [0.1, 0.15) is 5.56 Å². The average Bonchev–Trinajstić information content (AvgIpc) is 2.75. The molecule has 0 bridgehead atoms. The van der Waals surface area contributed by atoms with Crippen molar-refractivity contribution >= 4 is 28.0 Å². The fourth-order valence-electron chi connectivity index (χ4n) is 2.75. The van der Waals surface area contributed by atoms with E-state index in [9.17, 15) is 4.39 Å². The lowest BCUT2D eigenvalue weighted by molar-refractivity contribution is 0.627. The SMILES string of the molecule is Fc1cccc(/C=N\Nc2cc(-c3ccccc3)nc(-c3ccc(Br)cc3)n2)c1. The van der Waals surface area contributed by atoms with E-state index >= 15 is 0 Å². The number of nitrogens with one attached hydrogen (secondary N) is 1. The number of benzene rings is 3. The van der Waals surface area contributed by atoms with Crippen molar-refractivity contribution in [2.45, 2.75) is 0 Å². The number of nitrogens with zero attached hydrogens (tertiary/aromatic N) is 3. The molecule has 6 heteroatoms. The molecule has 3 aromatic carbocycles. The molecule has 4 rings (SSSR count). The van der Waals surface area contributed by atoms with Gasteiger partial charge in [-0.1, -0.05) is 70.5 Å². The summed E-state index contributed by atoms with van der Waals surface area (Å²) in [5.74, 6) is 0.826. The van der Waals surface area contributed by atoms with E-state index in [1.54, 1.807) is 18.3 Å². The monoisotopic (exact) mass is 446 g/mol. The predicted octanol–water partition coefficient (Wildman–Crippen LogP) is 6.16. The Morgan fingerprint density at radius 1 is 0.828 bits per heavy atom. The molecule has 0 spiro atoms. The van der Waals surface area contributed by atoms with Gasteiger partial charge in [0.2, 0.25) is 0 Å².